The van der Waals surface area contributed by atoms with Crippen molar-refractivity contribution in [2.75, 3.05) is 26.2 Å². The van der Waals surface area contributed by atoms with Gasteiger partial charge < -0.3 is 15.0 Å². The summed E-state index contributed by atoms with van der Waals surface area (Å²) < 4.78 is 7.13. The first-order chi connectivity index (χ1) is 18.6. The van der Waals surface area contributed by atoms with Crippen LogP contribution < -0.4 is 5.32 Å². The summed E-state index contributed by atoms with van der Waals surface area (Å²) in [4.78, 5) is 2.84. The quantitative estimate of drug-likeness (QED) is 0.364. The summed E-state index contributed by atoms with van der Waals surface area (Å²) in [5.74, 6) is 5.90. The van der Waals surface area contributed by atoms with E-state index in [-0.39, 0.29) is 5.60 Å². The second-order valence-corrected chi connectivity index (χ2v) is 17.0. The van der Waals surface area contributed by atoms with Gasteiger partial charge in [-0.05, 0) is 143 Å². The van der Waals surface area contributed by atoms with Crippen LogP contribution in [-0.2, 0) is 4.74 Å². The molecule has 0 aromatic carbocycles. The van der Waals surface area contributed by atoms with E-state index in [1.807, 2.05) is 5.57 Å². The number of ether oxygens (including phenoxy) is 1. The molecule has 4 aliphatic carbocycles. The van der Waals surface area contributed by atoms with Crippen molar-refractivity contribution in [2.24, 2.45) is 52.3 Å². The molecule has 7 aliphatic rings. The lowest BCUT2D eigenvalue weighted by molar-refractivity contribution is -0.117. The van der Waals surface area contributed by atoms with Crippen LogP contribution in [0.5, 0.6) is 0 Å². The smallest absolute Gasteiger partial charge is 0.0765 e. The van der Waals surface area contributed by atoms with E-state index in [2.05, 4.69) is 51.8 Å². The molecule has 3 heteroatoms. The zero-order valence-electron chi connectivity index (χ0n) is 26.4. The van der Waals surface area contributed by atoms with Gasteiger partial charge in [-0.1, -0.05) is 45.8 Å². The molecule has 1 N–H and O–H groups in total. The maximum absolute atomic E-state index is 7.13. The third-order valence-electron chi connectivity index (χ3n) is 14.7. The van der Waals surface area contributed by atoms with E-state index in [1.54, 1.807) is 5.57 Å². The van der Waals surface area contributed by atoms with E-state index in [0.717, 1.165) is 35.5 Å². The number of hydrogen-bond donors (Lipinski definition) is 1. The standard InChI is InChI=1S/C36H60N2O/c1-23-8-7-15-38(21-23)22-27-9-13-35(6)31-17-30-25(3)18-36(26(4)33-32(39-36)16-24(2)20-37-33)14-11-28(30)29(31)10-12-34(35,5)19-27/h23-24,26-29,31-33,37H,7-22H2,1-6H3/t23?,24-,26+,27?,28-,29?,31-,32+,33-,34?,35?,36?/m0/s1. The molecule has 6 fully saturated rings. The highest BCUT2D eigenvalue weighted by Gasteiger charge is 2.62. The SMILES string of the molecule is CC1=C2C[C@H]3C(CCC4(C)CC(CN5CCCC(C)C5)CCC34C)[C@@H]2CCC2(C1)O[C@@H]1C[C@H](C)CN[C@H]1[C@H]2C. The molecule has 12 atom stereocenters. The van der Waals surface area contributed by atoms with Gasteiger partial charge in [0.2, 0.25) is 0 Å². The summed E-state index contributed by atoms with van der Waals surface area (Å²) in [6.07, 6.45) is 17.2. The van der Waals surface area contributed by atoms with Crippen LogP contribution in [-0.4, -0.2) is 48.8 Å². The predicted octanol–water partition coefficient (Wildman–Crippen LogP) is 7.85. The van der Waals surface area contributed by atoms with Gasteiger partial charge in [0, 0.05) is 25.0 Å². The minimum absolute atomic E-state index is 0.0837. The molecule has 3 aliphatic heterocycles. The fourth-order valence-corrected chi connectivity index (χ4v) is 12.3. The number of piperidine rings is 2. The number of allylic oxidation sites excluding steroid dienone is 1. The number of fused-ring (bicyclic) bond motifs is 6. The van der Waals surface area contributed by atoms with Gasteiger partial charge >= 0.3 is 0 Å². The lowest BCUT2D eigenvalue weighted by Crippen LogP contribution is -2.54. The summed E-state index contributed by atoms with van der Waals surface area (Å²) in [7, 11) is 0. The Kier molecular flexibility index (Phi) is 6.92. The molecule has 220 valence electrons. The minimum atomic E-state index is 0.0837. The molecular weight excluding hydrogens is 476 g/mol. The zero-order valence-corrected chi connectivity index (χ0v) is 26.4. The van der Waals surface area contributed by atoms with E-state index in [9.17, 15) is 0 Å². The van der Waals surface area contributed by atoms with Gasteiger partial charge in [0.1, 0.15) is 0 Å². The van der Waals surface area contributed by atoms with Gasteiger partial charge in [0.15, 0.2) is 0 Å². The molecule has 3 saturated carbocycles. The summed E-state index contributed by atoms with van der Waals surface area (Å²) in [5.41, 5.74) is 4.80. The third kappa shape index (κ3) is 4.36. The highest BCUT2D eigenvalue weighted by molar-refractivity contribution is 5.30. The molecule has 1 spiro atoms. The number of nitrogens with zero attached hydrogens (tertiary/aromatic N) is 1. The first-order valence-electron chi connectivity index (χ1n) is 17.4. The minimum Gasteiger partial charge on any atom is -0.369 e. The molecule has 0 amide bonds. The van der Waals surface area contributed by atoms with Gasteiger partial charge in [-0.15, -0.1) is 0 Å². The molecule has 3 nitrogen and oxygen atoms in total. The molecule has 7 rings (SSSR count). The van der Waals surface area contributed by atoms with Crippen LogP contribution in [0.25, 0.3) is 0 Å². The Morgan fingerprint density at radius 1 is 1.00 bits per heavy atom. The van der Waals surface area contributed by atoms with E-state index >= 15 is 0 Å². The van der Waals surface area contributed by atoms with Crippen LogP contribution in [0.3, 0.4) is 0 Å². The van der Waals surface area contributed by atoms with Crippen molar-refractivity contribution in [1.82, 2.24) is 10.2 Å². The highest BCUT2D eigenvalue weighted by Crippen LogP contribution is 2.70. The van der Waals surface area contributed by atoms with Crippen molar-refractivity contribution in [3.63, 3.8) is 0 Å². The summed E-state index contributed by atoms with van der Waals surface area (Å²) in [6.45, 7) is 20.7. The van der Waals surface area contributed by atoms with E-state index in [0.29, 0.717) is 28.9 Å². The Balaban J connectivity index is 1.08. The van der Waals surface area contributed by atoms with Gasteiger partial charge in [-0.3, -0.25) is 0 Å². The van der Waals surface area contributed by atoms with Gasteiger partial charge in [-0.25, -0.2) is 0 Å². The fraction of sp³-hybridized carbons (Fsp3) is 0.944. The molecule has 0 aromatic heterocycles. The summed E-state index contributed by atoms with van der Waals surface area (Å²) in [5, 5.41) is 3.91. The second kappa shape index (κ2) is 9.84. The van der Waals surface area contributed by atoms with Crippen molar-refractivity contribution in [3.05, 3.63) is 11.1 Å². The Labute approximate surface area is 240 Å². The van der Waals surface area contributed by atoms with Crippen molar-refractivity contribution < 1.29 is 4.74 Å². The van der Waals surface area contributed by atoms with E-state index < -0.39 is 0 Å². The molecular formula is C36H60N2O. The maximum Gasteiger partial charge on any atom is 0.0765 e. The average molecular weight is 537 g/mol. The van der Waals surface area contributed by atoms with Crippen molar-refractivity contribution >= 4 is 0 Å². The first kappa shape index (κ1) is 27.5. The van der Waals surface area contributed by atoms with Crippen LogP contribution in [0.1, 0.15) is 119 Å². The largest absolute Gasteiger partial charge is 0.369 e. The molecule has 3 heterocycles. The molecule has 0 bridgehead atoms. The second-order valence-electron chi connectivity index (χ2n) is 17.0. The Bertz CT molecular complexity index is 975. The predicted molar refractivity (Wildman–Crippen MR) is 162 cm³/mol. The highest BCUT2D eigenvalue weighted by atomic mass is 16.5. The maximum atomic E-state index is 7.13. The zero-order chi connectivity index (χ0) is 27.2. The van der Waals surface area contributed by atoms with Gasteiger partial charge in [0.05, 0.1) is 11.7 Å². The number of rotatable bonds is 2. The van der Waals surface area contributed by atoms with E-state index in [1.165, 1.54) is 103 Å². The topological polar surface area (TPSA) is 24.5 Å². The Morgan fingerprint density at radius 3 is 2.67 bits per heavy atom. The molecule has 39 heavy (non-hydrogen) atoms. The Morgan fingerprint density at radius 2 is 1.85 bits per heavy atom. The van der Waals surface area contributed by atoms with Crippen LogP contribution in [0, 0.1) is 52.3 Å². The van der Waals surface area contributed by atoms with Crippen LogP contribution >= 0.6 is 0 Å². The van der Waals surface area contributed by atoms with Gasteiger partial charge in [0.25, 0.3) is 0 Å². The van der Waals surface area contributed by atoms with Crippen LogP contribution in [0.4, 0.5) is 0 Å². The fourth-order valence-electron chi connectivity index (χ4n) is 12.3. The van der Waals surface area contributed by atoms with Crippen LogP contribution in [0.15, 0.2) is 11.1 Å². The number of nitrogens with one attached hydrogen (secondary N) is 1. The van der Waals surface area contributed by atoms with Crippen molar-refractivity contribution in [3.8, 4) is 0 Å². The molecule has 0 aromatic rings. The third-order valence-corrected chi connectivity index (χ3v) is 14.7. The van der Waals surface area contributed by atoms with Crippen LogP contribution in [0.2, 0.25) is 0 Å². The van der Waals surface area contributed by atoms with E-state index in [4.69, 9.17) is 4.74 Å². The molecule has 0 radical (unpaired) electrons. The Hall–Kier alpha value is -0.380. The molecule has 6 unspecified atom stereocenters. The lowest BCUT2D eigenvalue weighted by Gasteiger charge is -2.61. The normalized spacial score (nSPS) is 54.2. The number of likely N-dealkylation sites (tertiary alicyclic amines) is 1. The first-order valence-corrected chi connectivity index (χ1v) is 17.4. The monoisotopic (exact) mass is 536 g/mol. The summed E-state index contributed by atoms with van der Waals surface area (Å²) in [6, 6.07) is 0.572. The van der Waals surface area contributed by atoms with Gasteiger partial charge in [-0.2, -0.15) is 0 Å². The summed E-state index contributed by atoms with van der Waals surface area (Å²) >= 11 is 0. The average Bonchev–Trinajstić information content (AvgIpc) is 3.34. The number of hydrogen-bond acceptors (Lipinski definition) is 3. The van der Waals surface area contributed by atoms with Crippen molar-refractivity contribution in [1.29, 1.82) is 0 Å². The lowest BCUT2D eigenvalue weighted by atomic mass is 9.44. The van der Waals surface area contributed by atoms with Crippen molar-refractivity contribution in [2.45, 2.75) is 136 Å². The molecule has 3 saturated heterocycles.